The number of benzene rings is 1. The highest BCUT2D eigenvalue weighted by Gasteiger charge is 2.36. The lowest BCUT2D eigenvalue weighted by Gasteiger charge is -2.02. The maximum absolute atomic E-state index is 12.5. The summed E-state index contributed by atoms with van der Waals surface area (Å²) in [6.45, 7) is 4.05. The monoisotopic (exact) mass is 291 g/mol. The summed E-state index contributed by atoms with van der Waals surface area (Å²) in [6, 6.07) is 13.0. The van der Waals surface area contributed by atoms with Gasteiger partial charge in [0.05, 0.1) is 0 Å². The zero-order valence-corrected chi connectivity index (χ0v) is 12.7. The number of allylic oxidation sites excluding steroid dienone is 1. The Bertz CT molecular complexity index is 792. The van der Waals surface area contributed by atoms with Gasteiger partial charge in [0, 0.05) is 17.6 Å². The Morgan fingerprint density at radius 1 is 1.32 bits per heavy atom. The van der Waals surface area contributed by atoms with E-state index < -0.39 is 0 Å². The van der Waals surface area contributed by atoms with Crippen LogP contribution < -0.4 is 0 Å². The predicted molar refractivity (Wildman–Crippen MR) is 84.3 cm³/mol. The summed E-state index contributed by atoms with van der Waals surface area (Å²) in [5.74, 6) is 2.39. The van der Waals surface area contributed by atoms with Crippen LogP contribution in [0.3, 0.4) is 0 Å². The second-order valence-corrected chi connectivity index (χ2v) is 5.87. The van der Waals surface area contributed by atoms with E-state index in [0.717, 1.165) is 17.7 Å². The van der Waals surface area contributed by atoms with E-state index in [0.29, 0.717) is 23.2 Å². The van der Waals surface area contributed by atoms with Crippen molar-refractivity contribution in [2.24, 2.45) is 5.92 Å². The van der Waals surface area contributed by atoms with Crippen molar-refractivity contribution in [2.75, 3.05) is 0 Å². The molecule has 0 saturated heterocycles. The highest BCUT2D eigenvalue weighted by Crippen LogP contribution is 2.47. The number of rotatable bonds is 4. The van der Waals surface area contributed by atoms with E-state index in [4.69, 9.17) is 4.42 Å². The van der Waals surface area contributed by atoms with Gasteiger partial charge in [-0.05, 0) is 37.0 Å². The molecule has 1 aliphatic rings. The van der Waals surface area contributed by atoms with Crippen LogP contribution in [0.5, 0.6) is 0 Å². The molecule has 0 radical (unpaired) electrons. The molecule has 22 heavy (non-hydrogen) atoms. The van der Waals surface area contributed by atoms with Gasteiger partial charge in [-0.15, -0.1) is 0 Å². The van der Waals surface area contributed by atoms with Crippen LogP contribution in [0.25, 0.3) is 6.08 Å². The number of nitriles is 1. The number of carbonyl (C=O) groups is 1. The number of aryl methyl sites for hydroxylation is 1. The summed E-state index contributed by atoms with van der Waals surface area (Å²) < 4.78 is 5.75. The van der Waals surface area contributed by atoms with Crippen molar-refractivity contribution >= 4 is 11.9 Å². The molecule has 3 nitrogen and oxygen atoms in total. The molecule has 0 aliphatic heterocycles. The third-order valence-electron chi connectivity index (χ3n) is 4.16. The van der Waals surface area contributed by atoms with Crippen molar-refractivity contribution in [2.45, 2.75) is 26.2 Å². The Morgan fingerprint density at radius 3 is 2.68 bits per heavy atom. The number of Topliss-reactive ketones (excluding diaryl/α,β-unsaturated/α-hetero) is 1. The largest absolute Gasteiger partial charge is 0.461 e. The number of nitrogens with zero attached hydrogens (tertiary/aromatic N) is 1. The van der Waals surface area contributed by atoms with Crippen LogP contribution in [-0.4, -0.2) is 5.78 Å². The summed E-state index contributed by atoms with van der Waals surface area (Å²) in [5, 5.41) is 9.30. The van der Waals surface area contributed by atoms with Crippen LogP contribution in [-0.2, 0) is 0 Å². The zero-order valence-electron chi connectivity index (χ0n) is 12.7. The standard InChI is InChI=1S/C19H17NO2/c1-12-5-3-4-6-16(12)19(21)14(11-20)10-15-7-8-18(22-15)17-9-13(17)2/h3-8,10,13,17H,9H2,1-2H3/b14-10+/t13-,17+/m1/s1. The van der Waals surface area contributed by atoms with E-state index in [1.54, 1.807) is 12.1 Å². The van der Waals surface area contributed by atoms with Crippen LogP contribution in [0, 0.1) is 24.2 Å². The fourth-order valence-corrected chi connectivity index (χ4v) is 2.63. The summed E-state index contributed by atoms with van der Waals surface area (Å²) in [6.07, 6.45) is 2.68. The molecule has 3 rings (SSSR count). The molecule has 0 spiro atoms. The topological polar surface area (TPSA) is 54.0 Å². The molecule has 1 aromatic carbocycles. The molecule has 0 N–H and O–H groups in total. The lowest BCUT2D eigenvalue weighted by molar-refractivity contribution is 0.103. The molecule has 1 heterocycles. The second-order valence-electron chi connectivity index (χ2n) is 5.87. The smallest absolute Gasteiger partial charge is 0.203 e. The summed E-state index contributed by atoms with van der Waals surface area (Å²) in [7, 11) is 0. The van der Waals surface area contributed by atoms with Gasteiger partial charge in [-0.25, -0.2) is 0 Å². The molecule has 2 atom stereocenters. The molecule has 0 amide bonds. The minimum Gasteiger partial charge on any atom is -0.461 e. The van der Waals surface area contributed by atoms with Crippen molar-refractivity contribution in [1.29, 1.82) is 5.26 Å². The van der Waals surface area contributed by atoms with Crippen LogP contribution in [0.15, 0.2) is 46.4 Å². The third-order valence-corrected chi connectivity index (χ3v) is 4.16. The molecule has 3 heteroatoms. The average molecular weight is 291 g/mol. The van der Waals surface area contributed by atoms with Crippen LogP contribution >= 0.6 is 0 Å². The molecule has 110 valence electrons. The van der Waals surface area contributed by atoms with E-state index in [9.17, 15) is 10.1 Å². The molecule has 0 bridgehead atoms. The molecular formula is C19H17NO2. The SMILES string of the molecule is Cc1ccccc1C(=O)/C(C#N)=C/c1ccc([C@H]2C[C@H]2C)o1. The van der Waals surface area contributed by atoms with E-state index in [-0.39, 0.29) is 11.4 Å². The highest BCUT2D eigenvalue weighted by molar-refractivity contribution is 6.14. The van der Waals surface area contributed by atoms with E-state index in [1.165, 1.54) is 6.08 Å². The van der Waals surface area contributed by atoms with Gasteiger partial charge >= 0.3 is 0 Å². The van der Waals surface area contributed by atoms with E-state index in [1.807, 2.05) is 37.3 Å². The van der Waals surface area contributed by atoms with Crippen molar-refractivity contribution in [1.82, 2.24) is 0 Å². The Hall–Kier alpha value is -2.60. The van der Waals surface area contributed by atoms with Gasteiger partial charge in [0.2, 0.25) is 5.78 Å². The Labute approximate surface area is 129 Å². The van der Waals surface area contributed by atoms with E-state index >= 15 is 0 Å². The van der Waals surface area contributed by atoms with Gasteiger partial charge in [-0.3, -0.25) is 4.79 Å². The van der Waals surface area contributed by atoms with Gasteiger partial charge < -0.3 is 4.42 Å². The van der Waals surface area contributed by atoms with Gasteiger partial charge in [0.25, 0.3) is 0 Å². The first-order valence-electron chi connectivity index (χ1n) is 7.42. The number of ketones is 1. The molecule has 0 unspecified atom stereocenters. The Morgan fingerprint density at radius 2 is 2.05 bits per heavy atom. The molecule has 2 aromatic rings. The minimum atomic E-state index is -0.265. The lowest BCUT2D eigenvalue weighted by Crippen LogP contribution is -2.03. The Kier molecular flexibility index (Phi) is 3.68. The van der Waals surface area contributed by atoms with Gasteiger partial charge in [-0.1, -0.05) is 31.2 Å². The van der Waals surface area contributed by atoms with Crippen molar-refractivity contribution < 1.29 is 9.21 Å². The van der Waals surface area contributed by atoms with Gasteiger partial charge in [0.15, 0.2) is 0 Å². The molecular weight excluding hydrogens is 274 g/mol. The summed E-state index contributed by atoms with van der Waals surface area (Å²) >= 11 is 0. The number of hydrogen-bond acceptors (Lipinski definition) is 3. The predicted octanol–water partition coefficient (Wildman–Crippen LogP) is 4.50. The lowest BCUT2D eigenvalue weighted by atomic mass is 9.99. The van der Waals surface area contributed by atoms with Gasteiger partial charge in [-0.2, -0.15) is 5.26 Å². The average Bonchev–Trinajstić information content (AvgIpc) is 3.07. The Balaban J connectivity index is 1.87. The molecule has 1 fully saturated rings. The van der Waals surface area contributed by atoms with Crippen molar-refractivity contribution in [3.63, 3.8) is 0 Å². The summed E-state index contributed by atoms with van der Waals surface area (Å²) in [4.78, 5) is 12.5. The van der Waals surface area contributed by atoms with Crippen molar-refractivity contribution in [3.8, 4) is 6.07 Å². The number of hydrogen-bond donors (Lipinski definition) is 0. The van der Waals surface area contributed by atoms with Crippen LogP contribution in [0.2, 0.25) is 0 Å². The fourth-order valence-electron chi connectivity index (χ4n) is 2.63. The number of furan rings is 1. The minimum absolute atomic E-state index is 0.0963. The molecule has 1 saturated carbocycles. The fraction of sp³-hybridized carbons (Fsp3) is 0.263. The first-order chi connectivity index (χ1) is 10.6. The highest BCUT2D eigenvalue weighted by atomic mass is 16.3. The van der Waals surface area contributed by atoms with Crippen molar-refractivity contribution in [3.05, 3.63) is 64.6 Å². The molecule has 1 aliphatic carbocycles. The number of carbonyl (C=O) groups excluding carboxylic acids is 1. The molecule has 1 aromatic heterocycles. The zero-order chi connectivity index (χ0) is 15.7. The van der Waals surface area contributed by atoms with Crippen LogP contribution in [0.4, 0.5) is 0 Å². The van der Waals surface area contributed by atoms with Crippen LogP contribution in [0.1, 0.15) is 46.7 Å². The first kappa shape index (κ1) is 14.3. The first-order valence-corrected chi connectivity index (χ1v) is 7.42. The maximum atomic E-state index is 12.5. The van der Waals surface area contributed by atoms with E-state index in [2.05, 4.69) is 6.92 Å². The maximum Gasteiger partial charge on any atom is 0.203 e. The normalized spacial score (nSPS) is 20.5. The second kappa shape index (κ2) is 5.65. The third kappa shape index (κ3) is 2.73. The quantitative estimate of drug-likeness (QED) is 0.473. The van der Waals surface area contributed by atoms with Gasteiger partial charge in [0.1, 0.15) is 23.2 Å². The summed E-state index contributed by atoms with van der Waals surface area (Å²) in [5.41, 5.74) is 1.51.